The molecule has 7 nitrogen and oxygen atoms in total. The highest BCUT2D eigenvalue weighted by Crippen LogP contribution is 2.60. The van der Waals surface area contributed by atoms with Gasteiger partial charge in [0.05, 0.1) is 18.1 Å². The number of amides is 1. The van der Waals surface area contributed by atoms with Crippen LogP contribution in [-0.2, 0) is 0 Å². The number of rotatable bonds is 5. The Bertz CT molecular complexity index is 1190. The highest BCUT2D eigenvalue weighted by molar-refractivity contribution is 6.10. The Morgan fingerprint density at radius 1 is 1.23 bits per heavy atom. The topological polar surface area (TPSA) is 80.5 Å². The predicted molar refractivity (Wildman–Crippen MR) is 116 cm³/mol. The van der Waals surface area contributed by atoms with Gasteiger partial charge in [0, 0.05) is 18.6 Å². The summed E-state index contributed by atoms with van der Waals surface area (Å²) >= 11 is 0. The minimum absolute atomic E-state index is 0.0148. The van der Waals surface area contributed by atoms with E-state index in [1.54, 1.807) is 7.11 Å². The molecular weight excluding hydrogens is 392 g/mol. The molecule has 1 amide bonds. The summed E-state index contributed by atoms with van der Waals surface area (Å²) in [4.78, 5) is 24.3. The number of fused-ring (bicyclic) bond motifs is 2. The molecule has 2 unspecified atom stereocenters. The summed E-state index contributed by atoms with van der Waals surface area (Å²) in [5.41, 5.74) is 2.37. The average Bonchev–Trinajstić information content (AvgIpc) is 3.55. The third kappa shape index (κ3) is 2.90. The summed E-state index contributed by atoms with van der Waals surface area (Å²) in [5, 5.41) is 4.21. The Morgan fingerprint density at radius 3 is 2.68 bits per heavy atom. The van der Waals surface area contributed by atoms with Crippen molar-refractivity contribution in [1.29, 1.82) is 0 Å². The van der Waals surface area contributed by atoms with E-state index in [2.05, 4.69) is 34.3 Å². The summed E-state index contributed by atoms with van der Waals surface area (Å²) in [6.07, 6.45) is 3.69. The van der Waals surface area contributed by atoms with Crippen LogP contribution in [-0.4, -0.2) is 46.5 Å². The molecule has 160 valence electrons. The quantitative estimate of drug-likeness (QED) is 0.675. The van der Waals surface area contributed by atoms with Gasteiger partial charge in [-0.1, -0.05) is 18.2 Å². The molecule has 2 aliphatic carbocycles. The van der Waals surface area contributed by atoms with E-state index in [4.69, 9.17) is 9.15 Å². The minimum Gasteiger partial charge on any atom is -0.496 e. The third-order valence-electron chi connectivity index (χ3n) is 7.28. The summed E-state index contributed by atoms with van der Waals surface area (Å²) < 4.78 is 11.4. The molecule has 31 heavy (non-hydrogen) atoms. The van der Waals surface area contributed by atoms with Crippen molar-refractivity contribution in [3.63, 3.8) is 0 Å². The van der Waals surface area contributed by atoms with Crippen molar-refractivity contribution in [3.8, 4) is 5.75 Å². The van der Waals surface area contributed by atoms with Crippen molar-refractivity contribution >= 4 is 22.8 Å². The predicted octanol–water partition coefficient (Wildman–Crippen LogP) is 3.99. The Morgan fingerprint density at radius 2 is 1.97 bits per heavy atom. The van der Waals surface area contributed by atoms with Crippen molar-refractivity contribution in [2.75, 3.05) is 25.5 Å². The molecule has 7 heteroatoms. The lowest BCUT2D eigenvalue weighted by molar-refractivity contribution is 0.0772. The lowest BCUT2D eigenvalue weighted by atomic mass is 10.0. The number of hydrogen-bond donors (Lipinski definition) is 1. The molecule has 2 atom stereocenters. The Kier molecular flexibility index (Phi) is 3.88. The normalized spacial score (nSPS) is 25.4. The van der Waals surface area contributed by atoms with Crippen LogP contribution in [0.1, 0.15) is 47.4 Å². The van der Waals surface area contributed by atoms with Gasteiger partial charge in [-0.25, -0.2) is 9.97 Å². The minimum atomic E-state index is 0.0148. The smallest absolute Gasteiger partial charge is 0.258 e. The molecule has 6 rings (SSSR count). The number of likely N-dealkylation sites (tertiary alicyclic amines) is 1. The number of benzene rings is 1. The summed E-state index contributed by atoms with van der Waals surface area (Å²) in [5.74, 6) is 3.69. The van der Waals surface area contributed by atoms with Gasteiger partial charge in [-0.15, -0.1) is 0 Å². The average molecular weight is 418 g/mol. The fourth-order valence-electron chi connectivity index (χ4n) is 5.25. The van der Waals surface area contributed by atoms with E-state index in [9.17, 15) is 4.79 Å². The van der Waals surface area contributed by atoms with E-state index < -0.39 is 0 Å². The highest BCUT2D eigenvalue weighted by atomic mass is 16.5. The first-order valence-corrected chi connectivity index (χ1v) is 10.9. The number of furan rings is 1. The number of piperidine rings is 1. The highest BCUT2D eigenvalue weighted by Gasteiger charge is 2.58. The van der Waals surface area contributed by atoms with Crippen LogP contribution >= 0.6 is 0 Å². The molecule has 3 heterocycles. The monoisotopic (exact) mass is 418 g/mol. The molecule has 0 bridgehead atoms. The van der Waals surface area contributed by atoms with Crippen molar-refractivity contribution in [2.45, 2.75) is 38.1 Å². The number of carbonyl (C=O) groups excluding carboxylic acids is 1. The molecule has 1 aromatic carbocycles. The van der Waals surface area contributed by atoms with Gasteiger partial charge in [0.15, 0.2) is 0 Å². The number of methoxy groups -OCH3 is 1. The van der Waals surface area contributed by atoms with Crippen LogP contribution in [0.5, 0.6) is 5.75 Å². The zero-order chi connectivity index (χ0) is 21.3. The van der Waals surface area contributed by atoms with E-state index in [1.165, 1.54) is 11.9 Å². The van der Waals surface area contributed by atoms with Gasteiger partial charge >= 0.3 is 0 Å². The van der Waals surface area contributed by atoms with Crippen LogP contribution in [0.4, 0.5) is 5.82 Å². The largest absolute Gasteiger partial charge is 0.496 e. The first kappa shape index (κ1) is 18.7. The Balaban J connectivity index is 1.27. The fraction of sp³-hybridized carbons (Fsp3) is 0.458. The molecule has 3 aromatic rings. The molecule has 0 spiro atoms. The van der Waals surface area contributed by atoms with Gasteiger partial charge in [0.25, 0.3) is 5.91 Å². The van der Waals surface area contributed by atoms with Crippen LogP contribution in [0.3, 0.4) is 0 Å². The van der Waals surface area contributed by atoms with Crippen molar-refractivity contribution in [2.24, 2.45) is 11.8 Å². The van der Waals surface area contributed by atoms with Gasteiger partial charge in [0.2, 0.25) is 5.71 Å². The molecule has 2 saturated carbocycles. The van der Waals surface area contributed by atoms with Crippen molar-refractivity contribution in [3.05, 3.63) is 47.5 Å². The summed E-state index contributed by atoms with van der Waals surface area (Å²) in [6, 6.07) is 8.22. The van der Waals surface area contributed by atoms with Crippen LogP contribution < -0.4 is 10.1 Å². The second-order valence-corrected chi connectivity index (χ2v) is 9.43. The SMILES string of the molecule is COc1ccccc1C1C2CN(C(=O)c3c(C)oc4ncnc(NC5(C)CC5)c34)CC21. The standard InChI is InChI=1S/C24H26N4O3/c1-13-18(20-21(27-24(2)8-9-24)25-12-26-22(20)31-13)23(29)28-10-15-16(11-28)19(15)14-6-4-5-7-17(14)30-3/h4-7,12,15-16,19H,8-11H2,1-3H3,(H,25,26,27). The summed E-state index contributed by atoms with van der Waals surface area (Å²) in [6.45, 7) is 5.52. The summed E-state index contributed by atoms with van der Waals surface area (Å²) in [7, 11) is 1.72. The number of aromatic nitrogens is 2. The van der Waals surface area contributed by atoms with E-state index in [1.807, 2.05) is 24.0 Å². The molecule has 2 aromatic heterocycles. The van der Waals surface area contributed by atoms with Crippen molar-refractivity contribution in [1.82, 2.24) is 14.9 Å². The first-order chi connectivity index (χ1) is 15.0. The van der Waals surface area contributed by atoms with Crippen LogP contribution in [0.25, 0.3) is 11.1 Å². The molecule has 3 fully saturated rings. The number of nitrogens with one attached hydrogen (secondary N) is 1. The van der Waals surface area contributed by atoms with E-state index in [-0.39, 0.29) is 11.4 Å². The number of nitrogens with zero attached hydrogens (tertiary/aromatic N) is 3. The van der Waals surface area contributed by atoms with E-state index >= 15 is 0 Å². The maximum absolute atomic E-state index is 13.6. The van der Waals surface area contributed by atoms with Gasteiger partial charge in [-0.05, 0) is 56.1 Å². The number of ether oxygens (including phenoxy) is 1. The zero-order valence-electron chi connectivity index (χ0n) is 18.0. The number of hydrogen-bond acceptors (Lipinski definition) is 6. The zero-order valence-corrected chi connectivity index (χ0v) is 18.0. The van der Waals surface area contributed by atoms with Gasteiger partial charge in [-0.2, -0.15) is 0 Å². The maximum Gasteiger partial charge on any atom is 0.258 e. The van der Waals surface area contributed by atoms with E-state index in [0.717, 1.165) is 31.7 Å². The number of carbonyl (C=O) groups is 1. The van der Waals surface area contributed by atoms with Gasteiger partial charge in [-0.3, -0.25) is 4.79 Å². The second kappa shape index (κ2) is 6.45. The van der Waals surface area contributed by atoms with Crippen LogP contribution in [0.15, 0.2) is 35.0 Å². The van der Waals surface area contributed by atoms with Gasteiger partial charge < -0.3 is 19.4 Å². The second-order valence-electron chi connectivity index (χ2n) is 9.43. The lowest BCUT2D eigenvalue weighted by Gasteiger charge is -2.21. The maximum atomic E-state index is 13.6. The molecule has 1 saturated heterocycles. The Hall–Kier alpha value is -3.09. The van der Waals surface area contributed by atoms with Crippen LogP contribution in [0, 0.1) is 18.8 Å². The fourth-order valence-corrected chi connectivity index (χ4v) is 5.25. The molecule has 0 radical (unpaired) electrons. The molecule has 1 N–H and O–H groups in total. The van der Waals surface area contributed by atoms with E-state index in [0.29, 0.717) is 46.0 Å². The molecule has 1 aliphatic heterocycles. The van der Waals surface area contributed by atoms with Gasteiger partial charge in [0.1, 0.15) is 23.7 Å². The molecular formula is C24H26N4O3. The Labute approximate surface area is 180 Å². The first-order valence-electron chi connectivity index (χ1n) is 10.9. The number of para-hydroxylation sites is 1. The molecule has 3 aliphatic rings. The number of aryl methyl sites for hydroxylation is 1. The lowest BCUT2D eigenvalue weighted by Crippen LogP contribution is -2.31. The number of anilines is 1. The van der Waals surface area contributed by atoms with Crippen LogP contribution in [0.2, 0.25) is 0 Å². The third-order valence-corrected chi connectivity index (χ3v) is 7.28. The van der Waals surface area contributed by atoms with Crippen molar-refractivity contribution < 1.29 is 13.9 Å².